The van der Waals surface area contributed by atoms with E-state index in [1.807, 2.05) is 0 Å². The van der Waals surface area contributed by atoms with Gasteiger partial charge in [-0.3, -0.25) is 0 Å². The fraction of sp³-hybridized carbons (Fsp3) is 0.158. The van der Waals surface area contributed by atoms with Crippen LogP contribution < -0.4 is 4.74 Å². The molecule has 1 heteroatoms. The van der Waals surface area contributed by atoms with Gasteiger partial charge < -0.3 is 4.74 Å². The van der Waals surface area contributed by atoms with Crippen LogP contribution in [0.2, 0.25) is 0 Å². The van der Waals surface area contributed by atoms with Crippen molar-refractivity contribution >= 4 is 11.1 Å². The minimum Gasteiger partial charge on any atom is -0.494 e. The number of hydrogen-bond donors (Lipinski definition) is 0. The van der Waals surface area contributed by atoms with Gasteiger partial charge in [0.25, 0.3) is 0 Å². The Morgan fingerprint density at radius 3 is 1.28 bits per heavy atom. The summed E-state index contributed by atoms with van der Waals surface area (Å²) in [7, 11) is 0. The van der Waals surface area contributed by atoms with Crippen LogP contribution in [0.3, 0.4) is 0 Å². The quantitative estimate of drug-likeness (QED) is 0.127. The van der Waals surface area contributed by atoms with Crippen LogP contribution in [0.25, 0.3) is 22.3 Å². The van der Waals surface area contributed by atoms with Crippen molar-refractivity contribution in [3.8, 4) is 16.9 Å². The topological polar surface area (TPSA) is 9.23 Å². The second kappa shape index (κ2) is 13.4. The number of ether oxygens (including phenoxy) is 1. The third-order valence-corrected chi connectivity index (χ3v) is 7.07. The van der Waals surface area contributed by atoms with Crippen LogP contribution in [0.1, 0.15) is 54.9 Å². The summed E-state index contributed by atoms with van der Waals surface area (Å²) in [5, 5.41) is 0. The van der Waals surface area contributed by atoms with Crippen molar-refractivity contribution in [3.05, 3.63) is 162 Å². The van der Waals surface area contributed by atoms with Crippen molar-refractivity contribution in [2.75, 3.05) is 6.61 Å². The normalized spacial score (nSPS) is 10.7. The van der Waals surface area contributed by atoms with E-state index >= 15 is 0 Å². The summed E-state index contributed by atoms with van der Waals surface area (Å²) < 4.78 is 5.95. The Bertz CT molecular complexity index is 1410. The number of benzene rings is 5. The molecule has 39 heavy (non-hydrogen) atoms. The van der Waals surface area contributed by atoms with E-state index in [9.17, 15) is 0 Å². The lowest BCUT2D eigenvalue weighted by molar-refractivity contribution is 0.305. The summed E-state index contributed by atoms with van der Waals surface area (Å²) in [6.45, 7) is 3.02. The van der Waals surface area contributed by atoms with Gasteiger partial charge in [-0.1, -0.05) is 154 Å². The maximum atomic E-state index is 5.95. The van der Waals surface area contributed by atoms with Crippen LogP contribution in [0.15, 0.2) is 140 Å². The lowest BCUT2D eigenvalue weighted by Gasteiger charge is -2.18. The van der Waals surface area contributed by atoms with Gasteiger partial charge in [0.15, 0.2) is 0 Å². The van der Waals surface area contributed by atoms with Crippen LogP contribution in [0.4, 0.5) is 0 Å². The molecule has 0 saturated carbocycles. The summed E-state index contributed by atoms with van der Waals surface area (Å²) in [5.41, 5.74) is 9.65. The van der Waals surface area contributed by atoms with Gasteiger partial charge in [-0.2, -0.15) is 0 Å². The van der Waals surface area contributed by atoms with Gasteiger partial charge in [-0.15, -0.1) is 0 Å². The molecule has 0 unspecified atom stereocenters. The Morgan fingerprint density at radius 2 is 0.846 bits per heavy atom. The summed E-state index contributed by atoms with van der Waals surface area (Å²) in [4.78, 5) is 0. The smallest absolute Gasteiger partial charge is 0.119 e. The van der Waals surface area contributed by atoms with Crippen molar-refractivity contribution in [1.29, 1.82) is 0 Å². The minimum absolute atomic E-state index is 0.786. The summed E-state index contributed by atoms with van der Waals surface area (Å²) in [5.74, 6) is 0.941. The average molecular weight is 509 g/mol. The highest BCUT2D eigenvalue weighted by atomic mass is 16.5. The zero-order chi connectivity index (χ0) is 26.7. The van der Waals surface area contributed by atoms with Gasteiger partial charge in [0, 0.05) is 0 Å². The molecule has 0 aromatic heterocycles. The molecular weight excluding hydrogens is 472 g/mol. The van der Waals surface area contributed by atoms with Crippen LogP contribution >= 0.6 is 0 Å². The van der Waals surface area contributed by atoms with Gasteiger partial charge in [0.2, 0.25) is 0 Å². The third-order valence-electron chi connectivity index (χ3n) is 7.07. The molecule has 0 bridgehead atoms. The van der Waals surface area contributed by atoms with Gasteiger partial charge in [0.1, 0.15) is 5.75 Å². The molecule has 0 aliphatic carbocycles. The molecular formula is C38H36O. The summed E-state index contributed by atoms with van der Waals surface area (Å²) in [6, 6.07) is 49.6. The van der Waals surface area contributed by atoms with Gasteiger partial charge in [0.05, 0.1) is 6.61 Å². The molecule has 0 fully saturated rings. The van der Waals surface area contributed by atoms with E-state index in [0.717, 1.165) is 18.8 Å². The van der Waals surface area contributed by atoms with Crippen LogP contribution in [-0.2, 0) is 0 Å². The zero-order valence-electron chi connectivity index (χ0n) is 22.7. The first kappa shape index (κ1) is 26.3. The highest BCUT2D eigenvalue weighted by molar-refractivity contribution is 6.04. The maximum Gasteiger partial charge on any atom is 0.119 e. The SMILES string of the molecule is CCCCCCOc1ccc(-c2ccc(C(=C(c3ccccc3)c3ccccc3)c3ccccc3)cc2)cc1. The van der Waals surface area contributed by atoms with Crippen LogP contribution in [0, 0.1) is 0 Å². The molecule has 0 aliphatic rings. The Hall–Kier alpha value is -4.36. The Morgan fingerprint density at radius 1 is 0.436 bits per heavy atom. The minimum atomic E-state index is 0.786. The van der Waals surface area contributed by atoms with E-state index in [-0.39, 0.29) is 0 Å². The van der Waals surface area contributed by atoms with Crippen molar-refractivity contribution in [2.45, 2.75) is 32.6 Å². The Kier molecular flexibility index (Phi) is 9.05. The van der Waals surface area contributed by atoms with Crippen molar-refractivity contribution < 1.29 is 4.74 Å². The molecule has 0 saturated heterocycles. The van der Waals surface area contributed by atoms with Crippen molar-refractivity contribution in [3.63, 3.8) is 0 Å². The van der Waals surface area contributed by atoms with Crippen molar-refractivity contribution in [2.24, 2.45) is 0 Å². The number of hydrogen-bond acceptors (Lipinski definition) is 1. The fourth-order valence-corrected chi connectivity index (χ4v) is 5.02. The molecule has 0 spiro atoms. The van der Waals surface area contributed by atoms with E-state index < -0.39 is 0 Å². The maximum absolute atomic E-state index is 5.95. The Balaban J connectivity index is 1.49. The molecule has 1 nitrogen and oxygen atoms in total. The highest BCUT2D eigenvalue weighted by Gasteiger charge is 2.16. The molecule has 0 atom stereocenters. The third kappa shape index (κ3) is 6.75. The molecule has 0 aliphatic heterocycles. The first-order chi connectivity index (χ1) is 19.3. The zero-order valence-corrected chi connectivity index (χ0v) is 22.7. The largest absolute Gasteiger partial charge is 0.494 e. The monoisotopic (exact) mass is 508 g/mol. The standard InChI is InChI=1S/C38H36O/c1-2-3-4-14-29-39-36-27-25-31(26-28-36)30-21-23-35(24-22-30)38(34-19-12-7-13-20-34)37(32-15-8-5-9-16-32)33-17-10-6-11-18-33/h5-13,15-28H,2-4,14,29H2,1H3. The Labute approximate surface area is 233 Å². The lowest BCUT2D eigenvalue weighted by atomic mass is 9.85. The molecule has 0 N–H and O–H groups in total. The van der Waals surface area contributed by atoms with Crippen LogP contribution in [0.5, 0.6) is 5.75 Å². The predicted octanol–water partition coefficient (Wildman–Crippen LogP) is 10.3. The second-order valence-corrected chi connectivity index (χ2v) is 9.86. The van der Waals surface area contributed by atoms with Gasteiger partial charge in [-0.25, -0.2) is 0 Å². The van der Waals surface area contributed by atoms with E-state index in [2.05, 4.69) is 146 Å². The van der Waals surface area contributed by atoms with E-state index in [4.69, 9.17) is 4.74 Å². The number of unbranched alkanes of at least 4 members (excludes halogenated alkanes) is 3. The molecule has 0 heterocycles. The van der Waals surface area contributed by atoms with E-state index in [0.29, 0.717) is 0 Å². The van der Waals surface area contributed by atoms with E-state index in [1.165, 1.54) is 63.8 Å². The number of rotatable bonds is 11. The summed E-state index contributed by atoms with van der Waals surface area (Å²) in [6.07, 6.45) is 4.87. The van der Waals surface area contributed by atoms with Gasteiger partial charge in [-0.05, 0) is 63.1 Å². The average Bonchev–Trinajstić information content (AvgIpc) is 3.01. The highest BCUT2D eigenvalue weighted by Crippen LogP contribution is 2.37. The summed E-state index contributed by atoms with van der Waals surface area (Å²) >= 11 is 0. The fourth-order valence-electron chi connectivity index (χ4n) is 5.02. The molecule has 5 aromatic rings. The molecule has 5 rings (SSSR count). The first-order valence-corrected chi connectivity index (χ1v) is 14.1. The molecule has 5 aromatic carbocycles. The van der Waals surface area contributed by atoms with Crippen molar-refractivity contribution in [1.82, 2.24) is 0 Å². The van der Waals surface area contributed by atoms with E-state index in [1.54, 1.807) is 0 Å². The lowest BCUT2D eigenvalue weighted by Crippen LogP contribution is -1.97. The predicted molar refractivity (Wildman–Crippen MR) is 166 cm³/mol. The molecule has 0 radical (unpaired) electrons. The van der Waals surface area contributed by atoms with Gasteiger partial charge >= 0.3 is 0 Å². The van der Waals surface area contributed by atoms with Crippen LogP contribution in [-0.4, -0.2) is 6.61 Å². The molecule has 0 amide bonds. The second-order valence-electron chi connectivity index (χ2n) is 9.86. The first-order valence-electron chi connectivity index (χ1n) is 14.1. The molecule has 194 valence electrons.